The number of hydrogen-bond acceptors (Lipinski definition) is 6. The number of likely N-dealkylation sites (tertiary alicyclic amines) is 1. The second kappa shape index (κ2) is 12.8. The fourth-order valence-electron chi connectivity index (χ4n) is 6.79. The van der Waals surface area contributed by atoms with Crippen LogP contribution in [0.15, 0.2) is 27.5 Å². The minimum Gasteiger partial charge on any atom is -0.415 e. The largest absolute Gasteiger partial charge is 0.415 e. The number of halogens is 1. The molecule has 41 heavy (non-hydrogen) atoms. The van der Waals surface area contributed by atoms with Crippen LogP contribution in [0.4, 0.5) is 4.39 Å². The zero-order valence-corrected chi connectivity index (χ0v) is 24.8. The molecule has 8 nitrogen and oxygen atoms in total. The van der Waals surface area contributed by atoms with Gasteiger partial charge >= 0.3 is 5.97 Å². The van der Waals surface area contributed by atoms with E-state index in [0.717, 1.165) is 106 Å². The molecule has 1 fully saturated rings. The summed E-state index contributed by atoms with van der Waals surface area (Å²) >= 11 is 0. The number of carbonyl (C=O) groups is 1. The van der Waals surface area contributed by atoms with E-state index < -0.39 is 0 Å². The summed E-state index contributed by atoms with van der Waals surface area (Å²) in [5, 5.41) is 5.17. The summed E-state index contributed by atoms with van der Waals surface area (Å²) in [6.45, 7) is 9.47. The van der Waals surface area contributed by atoms with Crippen LogP contribution in [-0.2, 0) is 28.9 Å². The summed E-state index contributed by atoms with van der Waals surface area (Å²) in [7, 11) is 0. The average Bonchev–Trinajstić information content (AvgIpc) is 3.39. The van der Waals surface area contributed by atoms with Crippen molar-refractivity contribution in [2.75, 3.05) is 26.4 Å². The SMILES string of the molecule is CCCC(CCC)C(=O)OC[N+]1(CCc2c(C)nc3n(c2=O)CCCC3)CCC(c2noc3cc(F)ccc23)CC1. The lowest BCUT2D eigenvalue weighted by Crippen LogP contribution is -2.56. The number of carbonyl (C=O) groups excluding carboxylic acids is 1. The summed E-state index contributed by atoms with van der Waals surface area (Å²) in [4.78, 5) is 31.4. The molecule has 0 amide bonds. The van der Waals surface area contributed by atoms with Gasteiger partial charge in [0, 0.05) is 60.9 Å². The van der Waals surface area contributed by atoms with Crippen LogP contribution in [0.5, 0.6) is 0 Å². The molecule has 0 aliphatic carbocycles. The maximum atomic E-state index is 13.7. The number of fused-ring (bicyclic) bond motifs is 2. The van der Waals surface area contributed by atoms with Crippen LogP contribution in [0.2, 0.25) is 0 Å². The van der Waals surface area contributed by atoms with Crippen molar-refractivity contribution in [1.82, 2.24) is 14.7 Å². The first-order valence-electron chi connectivity index (χ1n) is 15.5. The lowest BCUT2D eigenvalue weighted by molar-refractivity contribution is -0.948. The van der Waals surface area contributed by atoms with E-state index >= 15 is 0 Å². The van der Waals surface area contributed by atoms with Crippen LogP contribution in [0.25, 0.3) is 11.0 Å². The fourth-order valence-corrected chi connectivity index (χ4v) is 6.79. The number of aromatic nitrogens is 3. The van der Waals surface area contributed by atoms with E-state index in [1.165, 1.54) is 12.1 Å². The van der Waals surface area contributed by atoms with Gasteiger partial charge in [-0.2, -0.15) is 0 Å². The van der Waals surface area contributed by atoms with Gasteiger partial charge in [0.15, 0.2) is 5.58 Å². The predicted molar refractivity (Wildman–Crippen MR) is 155 cm³/mol. The van der Waals surface area contributed by atoms with Crippen molar-refractivity contribution in [2.24, 2.45) is 5.92 Å². The first-order valence-corrected chi connectivity index (χ1v) is 15.5. The number of rotatable bonds is 11. The molecule has 4 heterocycles. The van der Waals surface area contributed by atoms with E-state index in [1.807, 2.05) is 11.5 Å². The van der Waals surface area contributed by atoms with Crippen molar-refractivity contribution in [3.05, 3.63) is 57.1 Å². The Kier molecular flexibility index (Phi) is 9.22. The van der Waals surface area contributed by atoms with Crippen molar-refractivity contribution in [2.45, 2.75) is 97.4 Å². The molecule has 9 heteroatoms. The van der Waals surface area contributed by atoms with Crippen molar-refractivity contribution >= 4 is 16.9 Å². The molecule has 0 radical (unpaired) electrons. The Morgan fingerprint density at radius 3 is 2.68 bits per heavy atom. The van der Waals surface area contributed by atoms with Gasteiger partial charge in [-0.3, -0.25) is 18.6 Å². The van der Waals surface area contributed by atoms with Gasteiger partial charge < -0.3 is 9.26 Å². The van der Waals surface area contributed by atoms with Gasteiger partial charge in [-0.1, -0.05) is 31.8 Å². The Labute approximate surface area is 241 Å². The van der Waals surface area contributed by atoms with E-state index in [-0.39, 0.29) is 29.2 Å². The highest BCUT2D eigenvalue weighted by atomic mass is 19.1. The van der Waals surface area contributed by atoms with Crippen LogP contribution in [0.3, 0.4) is 0 Å². The zero-order valence-electron chi connectivity index (χ0n) is 24.8. The predicted octanol–water partition coefficient (Wildman–Crippen LogP) is 5.82. The molecule has 5 rings (SSSR count). The molecule has 222 valence electrons. The summed E-state index contributed by atoms with van der Waals surface area (Å²) in [5.74, 6) is 0.563. The molecule has 0 spiro atoms. The first kappa shape index (κ1) is 29.4. The smallest absolute Gasteiger partial charge is 0.313 e. The van der Waals surface area contributed by atoms with Gasteiger partial charge in [0.1, 0.15) is 11.6 Å². The van der Waals surface area contributed by atoms with E-state index in [4.69, 9.17) is 14.2 Å². The first-order chi connectivity index (χ1) is 19.8. The number of aryl methyl sites for hydroxylation is 2. The number of nitrogens with zero attached hydrogens (tertiary/aromatic N) is 4. The third kappa shape index (κ3) is 6.40. The molecular formula is C32H44FN4O4+. The molecule has 1 saturated heterocycles. The minimum absolute atomic E-state index is 0.0683. The van der Waals surface area contributed by atoms with Gasteiger partial charge in [0.2, 0.25) is 6.73 Å². The number of piperidine rings is 1. The quantitative estimate of drug-likeness (QED) is 0.214. The molecule has 2 aliphatic heterocycles. The number of ether oxygens (including phenoxy) is 1. The Morgan fingerprint density at radius 2 is 1.95 bits per heavy atom. The molecular weight excluding hydrogens is 523 g/mol. The molecule has 0 saturated carbocycles. The Balaban J connectivity index is 1.35. The fraction of sp³-hybridized carbons (Fsp3) is 0.625. The number of benzene rings is 1. The second-order valence-corrected chi connectivity index (χ2v) is 12.1. The number of quaternary nitrogens is 1. The standard InChI is InChI=1S/C32H44FN4O4/c1-4-8-24(9-5-2)32(39)40-21-37(19-15-26-22(3)34-29-10-6-7-16-36(29)31(26)38)17-13-23(14-18-37)30-27-12-11-25(33)20-28(27)41-35-30/h11-12,20,23-24H,4-10,13-19,21H2,1-3H3/q+1. The van der Waals surface area contributed by atoms with Crippen LogP contribution < -0.4 is 5.56 Å². The average molecular weight is 568 g/mol. The van der Waals surface area contributed by atoms with Gasteiger partial charge in [-0.15, -0.1) is 0 Å². The normalized spacial score (nSPS) is 20.9. The molecule has 3 aromatic rings. The summed E-state index contributed by atoms with van der Waals surface area (Å²) in [5.41, 5.74) is 3.02. The number of esters is 1. The van der Waals surface area contributed by atoms with Crippen LogP contribution in [0.1, 0.15) is 93.9 Å². The lowest BCUT2D eigenvalue weighted by Gasteiger charge is -2.43. The van der Waals surface area contributed by atoms with Crippen molar-refractivity contribution in [1.29, 1.82) is 0 Å². The van der Waals surface area contributed by atoms with Crippen LogP contribution >= 0.6 is 0 Å². The highest BCUT2D eigenvalue weighted by Gasteiger charge is 2.38. The van der Waals surface area contributed by atoms with E-state index in [9.17, 15) is 14.0 Å². The topological polar surface area (TPSA) is 87.2 Å². The second-order valence-electron chi connectivity index (χ2n) is 12.1. The zero-order chi connectivity index (χ0) is 29.0. The monoisotopic (exact) mass is 567 g/mol. The molecule has 2 aromatic heterocycles. The Hall–Kier alpha value is -3.07. The van der Waals surface area contributed by atoms with E-state index in [0.29, 0.717) is 29.8 Å². The molecule has 1 aromatic carbocycles. The maximum absolute atomic E-state index is 13.7. The van der Waals surface area contributed by atoms with Gasteiger partial charge in [-0.05, 0) is 44.7 Å². The van der Waals surface area contributed by atoms with Crippen molar-refractivity contribution < 1.29 is 22.9 Å². The summed E-state index contributed by atoms with van der Waals surface area (Å²) in [6.07, 6.45) is 8.79. The van der Waals surface area contributed by atoms with Crippen molar-refractivity contribution in [3.63, 3.8) is 0 Å². The maximum Gasteiger partial charge on any atom is 0.313 e. The summed E-state index contributed by atoms with van der Waals surface area (Å²) in [6, 6.07) is 4.57. The highest BCUT2D eigenvalue weighted by molar-refractivity contribution is 5.79. The Bertz CT molecular complexity index is 1420. The summed E-state index contributed by atoms with van der Waals surface area (Å²) < 4.78 is 27.7. The van der Waals surface area contributed by atoms with Gasteiger partial charge in [-0.25, -0.2) is 9.37 Å². The van der Waals surface area contributed by atoms with Crippen LogP contribution in [0, 0.1) is 18.7 Å². The minimum atomic E-state index is -0.339. The van der Waals surface area contributed by atoms with E-state index in [1.54, 1.807) is 6.07 Å². The lowest BCUT2D eigenvalue weighted by atomic mass is 9.90. The third-order valence-corrected chi connectivity index (χ3v) is 9.26. The molecule has 2 aliphatic rings. The molecule has 0 unspecified atom stereocenters. The molecule has 0 atom stereocenters. The highest BCUT2D eigenvalue weighted by Crippen LogP contribution is 2.35. The van der Waals surface area contributed by atoms with Crippen LogP contribution in [-0.4, -0.2) is 51.5 Å². The van der Waals surface area contributed by atoms with Crippen molar-refractivity contribution in [3.8, 4) is 0 Å². The number of hydrogen-bond donors (Lipinski definition) is 0. The third-order valence-electron chi connectivity index (χ3n) is 9.26. The van der Waals surface area contributed by atoms with E-state index in [2.05, 4.69) is 19.0 Å². The Morgan fingerprint density at radius 1 is 1.20 bits per heavy atom. The molecule has 0 N–H and O–H groups in total. The van der Waals surface area contributed by atoms with Gasteiger partial charge in [0.25, 0.3) is 5.56 Å². The molecule has 0 bridgehead atoms. The van der Waals surface area contributed by atoms with Gasteiger partial charge in [0.05, 0.1) is 31.2 Å².